The summed E-state index contributed by atoms with van der Waals surface area (Å²) in [5, 5.41) is 12.3. The molecule has 0 fully saturated rings. The Bertz CT molecular complexity index is 943. The zero-order valence-electron chi connectivity index (χ0n) is 14.2. The molecule has 0 bridgehead atoms. The van der Waals surface area contributed by atoms with Gasteiger partial charge in [-0.2, -0.15) is 5.26 Å². The highest BCUT2D eigenvalue weighted by atomic mass is 19.1. The molecule has 130 valence electrons. The fourth-order valence-electron chi connectivity index (χ4n) is 3.00. The lowest BCUT2D eigenvalue weighted by Gasteiger charge is -2.19. The maximum Gasteiger partial charge on any atom is 0.126 e. The van der Waals surface area contributed by atoms with Gasteiger partial charge in [-0.1, -0.05) is 18.2 Å². The maximum atomic E-state index is 13.5. The normalized spacial score (nSPS) is 11.8. The van der Waals surface area contributed by atoms with Crippen molar-refractivity contribution in [2.75, 3.05) is 7.05 Å². The van der Waals surface area contributed by atoms with Gasteiger partial charge >= 0.3 is 0 Å². The molecule has 0 saturated carbocycles. The Labute approximate surface area is 150 Å². The number of hydrogen-bond acceptors (Lipinski definition) is 3. The van der Waals surface area contributed by atoms with Gasteiger partial charge in [-0.3, -0.25) is 4.98 Å². The molecule has 3 nitrogen and oxygen atoms in total. The zero-order valence-corrected chi connectivity index (χ0v) is 14.2. The summed E-state index contributed by atoms with van der Waals surface area (Å²) in [7, 11) is 1.78. The van der Waals surface area contributed by atoms with Crippen LogP contribution in [0.25, 0.3) is 11.1 Å². The van der Waals surface area contributed by atoms with E-state index in [2.05, 4.69) is 16.4 Å². The largest absolute Gasteiger partial charge is 0.311 e. The second-order valence-electron chi connectivity index (χ2n) is 5.95. The summed E-state index contributed by atoms with van der Waals surface area (Å²) in [6.45, 7) is 0. The molecule has 1 aromatic heterocycles. The Balaban J connectivity index is 2.00. The predicted octanol–water partition coefficient (Wildman–Crippen LogP) is 4.40. The molecule has 3 rings (SSSR count). The van der Waals surface area contributed by atoms with Crippen molar-refractivity contribution in [2.45, 2.75) is 12.5 Å². The summed E-state index contributed by atoms with van der Waals surface area (Å²) >= 11 is 0. The van der Waals surface area contributed by atoms with E-state index in [1.54, 1.807) is 25.4 Å². The number of aromatic nitrogens is 1. The lowest BCUT2D eigenvalue weighted by Crippen LogP contribution is -2.21. The summed E-state index contributed by atoms with van der Waals surface area (Å²) in [5.74, 6) is -1.20. The smallest absolute Gasteiger partial charge is 0.126 e. The average molecular weight is 349 g/mol. The van der Waals surface area contributed by atoms with Crippen molar-refractivity contribution in [2.24, 2.45) is 0 Å². The Morgan fingerprint density at radius 3 is 2.54 bits per heavy atom. The minimum atomic E-state index is -0.599. The van der Waals surface area contributed by atoms with Crippen LogP contribution in [0, 0.1) is 23.0 Å². The third-order valence-electron chi connectivity index (χ3n) is 4.18. The Hall–Kier alpha value is -3.10. The molecule has 0 amide bonds. The van der Waals surface area contributed by atoms with Crippen LogP contribution in [0.5, 0.6) is 0 Å². The van der Waals surface area contributed by atoms with Gasteiger partial charge in [-0.25, -0.2) is 8.78 Å². The number of benzene rings is 2. The van der Waals surface area contributed by atoms with E-state index < -0.39 is 11.6 Å². The van der Waals surface area contributed by atoms with E-state index in [1.807, 2.05) is 24.3 Å². The van der Waals surface area contributed by atoms with Crippen LogP contribution >= 0.6 is 0 Å². The van der Waals surface area contributed by atoms with Gasteiger partial charge in [-0.05, 0) is 54.9 Å². The van der Waals surface area contributed by atoms with Gasteiger partial charge in [0.15, 0.2) is 0 Å². The second-order valence-corrected chi connectivity index (χ2v) is 5.95. The molecule has 1 atom stereocenters. The van der Waals surface area contributed by atoms with Crippen LogP contribution in [0.4, 0.5) is 8.78 Å². The van der Waals surface area contributed by atoms with E-state index in [9.17, 15) is 8.78 Å². The molecule has 5 heteroatoms. The first-order chi connectivity index (χ1) is 12.6. The highest BCUT2D eigenvalue weighted by Crippen LogP contribution is 2.29. The molecule has 0 saturated heterocycles. The molecule has 0 aliphatic rings. The zero-order chi connectivity index (χ0) is 18.5. The second kappa shape index (κ2) is 7.85. The first-order valence-corrected chi connectivity index (χ1v) is 8.18. The lowest BCUT2D eigenvalue weighted by molar-refractivity contribution is 0.556. The van der Waals surface area contributed by atoms with E-state index in [1.165, 1.54) is 12.1 Å². The van der Waals surface area contributed by atoms with Gasteiger partial charge in [0.1, 0.15) is 11.6 Å². The summed E-state index contributed by atoms with van der Waals surface area (Å²) in [4.78, 5) is 4.49. The van der Waals surface area contributed by atoms with Crippen LogP contribution in [0.2, 0.25) is 0 Å². The van der Waals surface area contributed by atoms with Crippen molar-refractivity contribution in [3.8, 4) is 17.2 Å². The molecule has 3 aromatic rings. The van der Waals surface area contributed by atoms with Gasteiger partial charge in [0.05, 0.1) is 23.4 Å². The van der Waals surface area contributed by atoms with Crippen LogP contribution in [0.1, 0.15) is 22.9 Å². The van der Waals surface area contributed by atoms with E-state index in [0.717, 1.165) is 22.9 Å². The first kappa shape index (κ1) is 17.7. The number of pyridine rings is 1. The van der Waals surface area contributed by atoms with Gasteiger partial charge < -0.3 is 5.32 Å². The van der Waals surface area contributed by atoms with Crippen molar-refractivity contribution in [1.29, 1.82) is 5.26 Å². The SMILES string of the molecule is CNC(Cc1cc(F)cc(F)c1)c1ncccc1-c1cccc(C#N)c1. The van der Waals surface area contributed by atoms with Crippen molar-refractivity contribution >= 4 is 0 Å². The Morgan fingerprint density at radius 1 is 1.08 bits per heavy atom. The van der Waals surface area contributed by atoms with Gasteiger partial charge in [-0.15, -0.1) is 0 Å². The third kappa shape index (κ3) is 3.93. The fourth-order valence-corrected chi connectivity index (χ4v) is 3.00. The molecule has 1 N–H and O–H groups in total. The van der Waals surface area contributed by atoms with Crippen molar-refractivity contribution in [3.05, 3.63) is 89.2 Å². The number of likely N-dealkylation sites (N-methyl/N-ethyl adjacent to an activating group) is 1. The number of nitrogens with one attached hydrogen (secondary N) is 1. The van der Waals surface area contributed by atoms with Gasteiger partial charge in [0.25, 0.3) is 0 Å². The topological polar surface area (TPSA) is 48.7 Å². The predicted molar refractivity (Wildman–Crippen MR) is 96.3 cm³/mol. The van der Waals surface area contributed by atoms with Gasteiger partial charge in [0, 0.05) is 17.8 Å². The van der Waals surface area contributed by atoms with E-state index in [-0.39, 0.29) is 6.04 Å². The van der Waals surface area contributed by atoms with Crippen LogP contribution in [0.3, 0.4) is 0 Å². The summed E-state index contributed by atoms with van der Waals surface area (Å²) in [5.41, 5.74) is 3.61. The lowest BCUT2D eigenvalue weighted by atomic mass is 9.95. The van der Waals surface area contributed by atoms with Crippen molar-refractivity contribution in [3.63, 3.8) is 0 Å². The number of halogens is 2. The number of nitrogens with zero attached hydrogens (tertiary/aromatic N) is 2. The van der Waals surface area contributed by atoms with E-state index in [0.29, 0.717) is 17.5 Å². The first-order valence-electron chi connectivity index (χ1n) is 8.18. The van der Waals surface area contributed by atoms with E-state index >= 15 is 0 Å². The fraction of sp³-hybridized carbons (Fsp3) is 0.143. The minimum Gasteiger partial charge on any atom is -0.311 e. The standard InChI is InChI=1S/C21H17F2N3/c1-25-20(11-15-9-17(22)12-18(23)10-15)21-19(6-3-7-26-21)16-5-2-4-14(8-16)13-24/h2-10,12,20,25H,11H2,1H3. The summed E-state index contributed by atoms with van der Waals surface area (Å²) in [6.07, 6.45) is 2.07. The quantitative estimate of drug-likeness (QED) is 0.743. The third-order valence-corrected chi connectivity index (χ3v) is 4.18. The number of hydrogen-bond donors (Lipinski definition) is 1. The molecular formula is C21H17F2N3. The number of nitriles is 1. The van der Waals surface area contributed by atoms with Crippen LogP contribution in [-0.2, 0) is 6.42 Å². The number of rotatable bonds is 5. The molecule has 2 aromatic carbocycles. The van der Waals surface area contributed by atoms with Crippen LogP contribution in [0.15, 0.2) is 60.8 Å². The van der Waals surface area contributed by atoms with E-state index in [4.69, 9.17) is 5.26 Å². The Morgan fingerprint density at radius 2 is 1.85 bits per heavy atom. The minimum absolute atomic E-state index is 0.238. The molecule has 1 unspecified atom stereocenters. The molecular weight excluding hydrogens is 332 g/mol. The van der Waals surface area contributed by atoms with Crippen LogP contribution in [-0.4, -0.2) is 12.0 Å². The summed E-state index contributed by atoms with van der Waals surface area (Å²) in [6, 6.07) is 16.4. The molecule has 26 heavy (non-hydrogen) atoms. The van der Waals surface area contributed by atoms with Crippen molar-refractivity contribution in [1.82, 2.24) is 10.3 Å². The molecule has 0 radical (unpaired) electrons. The Kier molecular flexibility index (Phi) is 5.35. The highest BCUT2D eigenvalue weighted by molar-refractivity contribution is 5.68. The maximum absolute atomic E-state index is 13.5. The summed E-state index contributed by atoms with van der Waals surface area (Å²) < 4.78 is 27.0. The van der Waals surface area contributed by atoms with Gasteiger partial charge in [0.2, 0.25) is 0 Å². The highest BCUT2D eigenvalue weighted by Gasteiger charge is 2.17. The molecule has 0 spiro atoms. The average Bonchev–Trinajstić information content (AvgIpc) is 2.65. The van der Waals surface area contributed by atoms with Crippen molar-refractivity contribution < 1.29 is 8.78 Å². The monoisotopic (exact) mass is 349 g/mol. The molecule has 0 aliphatic heterocycles. The molecule has 1 heterocycles. The van der Waals surface area contributed by atoms with Crippen LogP contribution < -0.4 is 5.32 Å². The molecule has 0 aliphatic carbocycles.